The summed E-state index contributed by atoms with van der Waals surface area (Å²) in [7, 11) is 1.86. The number of likely N-dealkylation sites (N-methyl/N-ethyl adjacent to an activating group) is 1. The molecule has 1 aromatic rings. The molecule has 2 aliphatic rings. The van der Waals surface area contributed by atoms with Gasteiger partial charge in [0.2, 0.25) is 5.91 Å². The van der Waals surface area contributed by atoms with Gasteiger partial charge in [0.15, 0.2) is 0 Å². The number of aromatic nitrogens is 2. The fraction of sp³-hybridized carbons (Fsp3) is 0.722. The number of piperidine rings is 1. The van der Waals surface area contributed by atoms with Crippen molar-refractivity contribution in [2.24, 2.45) is 11.8 Å². The fourth-order valence-electron chi connectivity index (χ4n) is 3.96. The number of aryl methyl sites for hydroxylation is 1. The molecule has 1 aromatic heterocycles. The Hall–Kier alpha value is -1.85. The van der Waals surface area contributed by atoms with Crippen molar-refractivity contribution in [3.8, 4) is 0 Å². The summed E-state index contributed by atoms with van der Waals surface area (Å²) in [4.78, 5) is 28.6. The number of hydrogen-bond acceptors (Lipinski definition) is 3. The molecule has 0 unspecified atom stereocenters. The van der Waals surface area contributed by atoms with Gasteiger partial charge in [-0.2, -0.15) is 5.10 Å². The monoisotopic (exact) mass is 332 g/mol. The molecule has 0 spiro atoms. The van der Waals surface area contributed by atoms with Crippen molar-refractivity contribution < 1.29 is 9.59 Å². The van der Waals surface area contributed by atoms with Crippen molar-refractivity contribution in [1.82, 2.24) is 19.6 Å². The largest absolute Gasteiger partial charge is 0.341 e. The van der Waals surface area contributed by atoms with Gasteiger partial charge in [0, 0.05) is 33.1 Å². The zero-order chi connectivity index (χ0) is 17.4. The van der Waals surface area contributed by atoms with E-state index < -0.39 is 0 Å². The summed E-state index contributed by atoms with van der Waals surface area (Å²) < 4.78 is 1.82. The first-order valence-corrected chi connectivity index (χ1v) is 9.02. The molecule has 0 saturated carbocycles. The summed E-state index contributed by atoms with van der Waals surface area (Å²) in [6.07, 6.45) is 2.43. The maximum Gasteiger partial charge on any atom is 0.272 e. The van der Waals surface area contributed by atoms with Crippen LogP contribution in [0.3, 0.4) is 0 Å². The van der Waals surface area contributed by atoms with Crippen LogP contribution in [0.1, 0.15) is 49.8 Å². The molecule has 24 heavy (non-hydrogen) atoms. The lowest BCUT2D eigenvalue weighted by molar-refractivity contribution is -0.127. The number of fused-ring (bicyclic) bond motifs is 1. The fourth-order valence-corrected chi connectivity index (χ4v) is 3.96. The SMILES string of the molecule is CCn1nc(CC(C)C)cc1C(=O)N1CC[C@@H]2CC(=O)N(C)[C@@H]2C1. The summed E-state index contributed by atoms with van der Waals surface area (Å²) >= 11 is 0. The summed E-state index contributed by atoms with van der Waals surface area (Å²) in [5, 5.41) is 4.58. The third-order valence-electron chi connectivity index (χ3n) is 5.30. The lowest BCUT2D eigenvalue weighted by atomic mass is 9.92. The van der Waals surface area contributed by atoms with E-state index in [1.54, 1.807) is 0 Å². The Bertz CT molecular complexity index is 637. The smallest absolute Gasteiger partial charge is 0.272 e. The molecular formula is C18H28N4O2. The predicted octanol–water partition coefficient (Wildman–Crippen LogP) is 1.79. The van der Waals surface area contributed by atoms with E-state index in [0.29, 0.717) is 37.0 Å². The second-order valence-electron chi connectivity index (χ2n) is 7.51. The van der Waals surface area contributed by atoms with Crippen LogP contribution in [0.15, 0.2) is 6.07 Å². The molecule has 2 saturated heterocycles. The van der Waals surface area contributed by atoms with Gasteiger partial charge in [0.1, 0.15) is 5.69 Å². The number of nitrogens with zero attached hydrogens (tertiary/aromatic N) is 4. The quantitative estimate of drug-likeness (QED) is 0.845. The van der Waals surface area contributed by atoms with Crippen LogP contribution in [0.25, 0.3) is 0 Å². The lowest BCUT2D eigenvalue weighted by Crippen LogP contribution is -2.49. The van der Waals surface area contributed by atoms with E-state index in [1.807, 2.05) is 34.5 Å². The molecule has 0 aliphatic carbocycles. The van der Waals surface area contributed by atoms with E-state index in [0.717, 1.165) is 25.1 Å². The van der Waals surface area contributed by atoms with E-state index in [2.05, 4.69) is 18.9 Å². The Labute approximate surface area is 143 Å². The van der Waals surface area contributed by atoms with Crippen LogP contribution >= 0.6 is 0 Å². The van der Waals surface area contributed by atoms with Crippen LogP contribution in [0, 0.1) is 11.8 Å². The molecule has 2 aliphatic heterocycles. The van der Waals surface area contributed by atoms with Gasteiger partial charge in [-0.1, -0.05) is 13.8 Å². The van der Waals surface area contributed by atoms with E-state index >= 15 is 0 Å². The molecular weight excluding hydrogens is 304 g/mol. The standard InChI is InChI=1S/C18H28N4O2/c1-5-22-15(10-14(19-22)8-12(2)3)18(24)21-7-6-13-9-17(23)20(4)16(13)11-21/h10,12-13,16H,5-9,11H2,1-4H3/t13-,16-/m1/s1. The third-order valence-corrected chi connectivity index (χ3v) is 5.30. The number of rotatable bonds is 4. The van der Waals surface area contributed by atoms with Crippen LogP contribution < -0.4 is 0 Å². The molecule has 2 fully saturated rings. The minimum absolute atomic E-state index is 0.0468. The molecule has 132 valence electrons. The number of likely N-dealkylation sites (tertiary alicyclic amines) is 2. The van der Waals surface area contributed by atoms with E-state index in [1.165, 1.54) is 0 Å². The highest BCUT2D eigenvalue weighted by molar-refractivity contribution is 5.93. The van der Waals surface area contributed by atoms with Crippen LogP contribution in [-0.4, -0.2) is 57.6 Å². The van der Waals surface area contributed by atoms with Crippen molar-refractivity contribution in [1.29, 1.82) is 0 Å². The van der Waals surface area contributed by atoms with E-state index in [-0.39, 0.29) is 17.9 Å². The average molecular weight is 332 g/mol. The zero-order valence-corrected chi connectivity index (χ0v) is 15.2. The summed E-state index contributed by atoms with van der Waals surface area (Å²) in [5.41, 5.74) is 1.66. The van der Waals surface area contributed by atoms with Crippen LogP contribution in [0.5, 0.6) is 0 Å². The zero-order valence-electron chi connectivity index (χ0n) is 15.2. The first-order valence-electron chi connectivity index (χ1n) is 9.02. The number of amides is 2. The Morgan fingerprint density at radius 1 is 1.42 bits per heavy atom. The summed E-state index contributed by atoms with van der Waals surface area (Å²) in [6, 6.07) is 2.12. The topological polar surface area (TPSA) is 58.4 Å². The highest BCUT2D eigenvalue weighted by Crippen LogP contribution is 2.32. The molecule has 6 heteroatoms. The molecule has 6 nitrogen and oxygen atoms in total. The second-order valence-corrected chi connectivity index (χ2v) is 7.51. The molecule has 0 bridgehead atoms. The van der Waals surface area contributed by atoms with Gasteiger partial charge in [-0.3, -0.25) is 14.3 Å². The van der Waals surface area contributed by atoms with Gasteiger partial charge in [0.05, 0.1) is 11.7 Å². The van der Waals surface area contributed by atoms with Crippen molar-refractivity contribution in [3.05, 3.63) is 17.5 Å². The number of carbonyl (C=O) groups is 2. The molecule has 2 amide bonds. The van der Waals surface area contributed by atoms with Crippen molar-refractivity contribution >= 4 is 11.8 Å². The molecule has 0 aromatic carbocycles. The van der Waals surface area contributed by atoms with Gasteiger partial charge in [-0.05, 0) is 37.7 Å². The highest BCUT2D eigenvalue weighted by atomic mass is 16.2. The Morgan fingerprint density at radius 3 is 2.83 bits per heavy atom. The van der Waals surface area contributed by atoms with E-state index in [9.17, 15) is 9.59 Å². The summed E-state index contributed by atoms with van der Waals surface area (Å²) in [5.74, 6) is 1.17. The van der Waals surface area contributed by atoms with E-state index in [4.69, 9.17) is 0 Å². The van der Waals surface area contributed by atoms with Gasteiger partial charge in [-0.15, -0.1) is 0 Å². The Balaban J connectivity index is 1.77. The van der Waals surface area contributed by atoms with Crippen molar-refractivity contribution in [2.75, 3.05) is 20.1 Å². The average Bonchev–Trinajstić information content (AvgIpc) is 3.07. The minimum atomic E-state index is 0.0468. The van der Waals surface area contributed by atoms with Crippen LogP contribution in [-0.2, 0) is 17.8 Å². The maximum absolute atomic E-state index is 13.0. The normalized spacial score (nSPS) is 24.0. The Morgan fingerprint density at radius 2 is 2.17 bits per heavy atom. The van der Waals surface area contributed by atoms with Gasteiger partial charge in [0.25, 0.3) is 5.91 Å². The molecule has 3 heterocycles. The molecule has 0 N–H and O–H groups in total. The van der Waals surface area contributed by atoms with Gasteiger partial charge in [-0.25, -0.2) is 0 Å². The molecule has 3 rings (SSSR count). The van der Waals surface area contributed by atoms with Gasteiger partial charge >= 0.3 is 0 Å². The van der Waals surface area contributed by atoms with Crippen LogP contribution in [0.4, 0.5) is 0 Å². The molecule has 2 atom stereocenters. The van der Waals surface area contributed by atoms with Crippen molar-refractivity contribution in [2.45, 2.75) is 52.6 Å². The lowest BCUT2D eigenvalue weighted by Gasteiger charge is -2.37. The first kappa shape index (κ1) is 17.0. The van der Waals surface area contributed by atoms with Crippen LogP contribution in [0.2, 0.25) is 0 Å². The third kappa shape index (κ3) is 3.06. The second kappa shape index (κ2) is 6.57. The molecule has 0 radical (unpaired) electrons. The number of carbonyl (C=O) groups excluding carboxylic acids is 2. The first-order chi connectivity index (χ1) is 11.4. The number of hydrogen-bond donors (Lipinski definition) is 0. The highest BCUT2D eigenvalue weighted by Gasteiger charge is 2.42. The van der Waals surface area contributed by atoms with Crippen molar-refractivity contribution in [3.63, 3.8) is 0 Å². The Kier molecular flexibility index (Phi) is 4.65. The van der Waals surface area contributed by atoms with Gasteiger partial charge < -0.3 is 9.80 Å². The maximum atomic E-state index is 13.0. The predicted molar refractivity (Wildman–Crippen MR) is 91.6 cm³/mol. The minimum Gasteiger partial charge on any atom is -0.341 e. The summed E-state index contributed by atoms with van der Waals surface area (Å²) in [6.45, 7) is 8.39.